The molecule has 0 fully saturated rings. The Kier molecular flexibility index (Phi) is 2.86. The summed E-state index contributed by atoms with van der Waals surface area (Å²) in [5.41, 5.74) is 1.04. The molecule has 1 heterocycles. The van der Waals surface area contributed by atoms with Crippen LogP contribution in [0.25, 0.3) is 5.69 Å². The number of carbonyl (C=O) groups is 1. The van der Waals surface area contributed by atoms with E-state index in [1.165, 1.54) is 12.1 Å². The summed E-state index contributed by atoms with van der Waals surface area (Å²) in [5.74, 6) is -1.09. The summed E-state index contributed by atoms with van der Waals surface area (Å²) in [6, 6.07) is 9.98. The molecule has 1 N–H and O–H groups in total. The van der Waals surface area contributed by atoms with Crippen molar-refractivity contribution in [1.82, 2.24) is 4.57 Å². The largest absolute Gasteiger partial charge is 0.478 e. The lowest BCUT2D eigenvalue weighted by Gasteiger charge is -2.06. The second-order valence-corrected chi connectivity index (χ2v) is 3.75. The summed E-state index contributed by atoms with van der Waals surface area (Å²) in [7, 11) is 0. The van der Waals surface area contributed by atoms with E-state index in [2.05, 4.69) is 0 Å². The first-order valence-corrected chi connectivity index (χ1v) is 5.12. The van der Waals surface area contributed by atoms with Crippen molar-refractivity contribution in [2.45, 2.75) is 0 Å². The van der Waals surface area contributed by atoms with Crippen LogP contribution in [0, 0.1) is 11.3 Å². The number of aromatic carboxylic acids is 1. The van der Waals surface area contributed by atoms with E-state index in [0.717, 1.165) is 0 Å². The van der Waals surface area contributed by atoms with Crippen LogP contribution in [0.5, 0.6) is 0 Å². The number of nitrogens with zero attached hydrogens (tertiary/aromatic N) is 2. The first kappa shape index (κ1) is 11.2. The average Bonchev–Trinajstić information content (AvgIpc) is 2.77. The number of rotatable bonds is 2. The van der Waals surface area contributed by atoms with E-state index in [1.807, 2.05) is 6.07 Å². The highest BCUT2D eigenvalue weighted by Gasteiger charge is 2.11. The molecule has 0 amide bonds. The lowest BCUT2D eigenvalue weighted by molar-refractivity contribution is 0.0697. The van der Waals surface area contributed by atoms with Crippen LogP contribution in [-0.2, 0) is 0 Å². The van der Waals surface area contributed by atoms with E-state index < -0.39 is 5.97 Å². The molecule has 0 aliphatic rings. The lowest BCUT2D eigenvalue weighted by Crippen LogP contribution is -2.01. The number of hydrogen-bond donors (Lipinski definition) is 1. The molecule has 1 aromatic carbocycles. The minimum atomic E-state index is -1.09. The Balaban J connectivity index is 2.59. The third-order valence-electron chi connectivity index (χ3n) is 2.32. The van der Waals surface area contributed by atoms with Crippen LogP contribution in [0.2, 0.25) is 5.02 Å². The average molecular weight is 247 g/mol. The van der Waals surface area contributed by atoms with E-state index in [-0.39, 0.29) is 10.6 Å². The number of carboxylic acids is 1. The highest BCUT2D eigenvalue weighted by Crippen LogP contribution is 2.21. The normalized spacial score (nSPS) is 9.88. The molecule has 0 bridgehead atoms. The van der Waals surface area contributed by atoms with Crippen LogP contribution in [0.3, 0.4) is 0 Å². The lowest BCUT2D eigenvalue weighted by atomic mass is 10.2. The number of benzene rings is 1. The number of hydrogen-bond acceptors (Lipinski definition) is 2. The second-order valence-electron chi connectivity index (χ2n) is 3.34. The highest BCUT2D eigenvalue weighted by molar-refractivity contribution is 6.33. The summed E-state index contributed by atoms with van der Waals surface area (Å²) >= 11 is 5.77. The van der Waals surface area contributed by atoms with E-state index in [0.29, 0.717) is 11.4 Å². The molecule has 4 nitrogen and oxygen atoms in total. The predicted molar refractivity (Wildman–Crippen MR) is 62.5 cm³/mol. The van der Waals surface area contributed by atoms with Gasteiger partial charge in [0.1, 0.15) is 11.8 Å². The van der Waals surface area contributed by atoms with Gasteiger partial charge < -0.3 is 9.67 Å². The molecule has 0 saturated carbocycles. The van der Waals surface area contributed by atoms with E-state index >= 15 is 0 Å². The minimum absolute atomic E-state index is 0.0155. The monoisotopic (exact) mass is 246 g/mol. The van der Waals surface area contributed by atoms with Crippen molar-refractivity contribution in [2.24, 2.45) is 0 Å². The summed E-state index contributed by atoms with van der Waals surface area (Å²) in [6.07, 6.45) is 1.69. The fourth-order valence-corrected chi connectivity index (χ4v) is 1.72. The minimum Gasteiger partial charge on any atom is -0.478 e. The van der Waals surface area contributed by atoms with Crippen LogP contribution in [0.4, 0.5) is 0 Å². The van der Waals surface area contributed by atoms with Crippen LogP contribution >= 0.6 is 11.6 Å². The molecule has 0 unspecified atom stereocenters. The summed E-state index contributed by atoms with van der Waals surface area (Å²) in [4.78, 5) is 10.9. The molecular weight excluding hydrogens is 240 g/mol. The second kappa shape index (κ2) is 4.32. The maximum absolute atomic E-state index is 10.9. The van der Waals surface area contributed by atoms with Gasteiger partial charge in [0.15, 0.2) is 0 Å². The molecule has 5 heteroatoms. The first-order valence-electron chi connectivity index (χ1n) is 4.74. The van der Waals surface area contributed by atoms with Gasteiger partial charge in [-0.25, -0.2) is 4.79 Å². The molecule has 0 radical (unpaired) electrons. The van der Waals surface area contributed by atoms with Gasteiger partial charge in [-0.3, -0.25) is 0 Å². The Bertz CT molecular complexity index is 626. The zero-order chi connectivity index (χ0) is 12.4. The van der Waals surface area contributed by atoms with Crippen molar-refractivity contribution in [1.29, 1.82) is 5.26 Å². The van der Waals surface area contributed by atoms with Crippen molar-refractivity contribution in [3.63, 3.8) is 0 Å². The maximum atomic E-state index is 10.9. The summed E-state index contributed by atoms with van der Waals surface area (Å²) in [6.45, 7) is 0. The SMILES string of the molecule is N#Cc1cccn1-c1ccc(Cl)c(C(=O)O)c1. The Hall–Kier alpha value is -2.25. The van der Waals surface area contributed by atoms with E-state index in [4.69, 9.17) is 22.0 Å². The van der Waals surface area contributed by atoms with Gasteiger partial charge in [0.2, 0.25) is 0 Å². The molecule has 2 aromatic rings. The van der Waals surface area contributed by atoms with E-state index in [1.54, 1.807) is 29.0 Å². The van der Waals surface area contributed by atoms with Crippen LogP contribution < -0.4 is 0 Å². The quantitative estimate of drug-likeness (QED) is 0.886. The van der Waals surface area contributed by atoms with Gasteiger partial charge in [-0.05, 0) is 30.3 Å². The van der Waals surface area contributed by atoms with E-state index in [9.17, 15) is 4.79 Å². The topological polar surface area (TPSA) is 66.0 Å². The zero-order valence-corrected chi connectivity index (χ0v) is 9.35. The van der Waals surface area contributed by atoms with Gasteiger partial charge >= 0.3 is 5.97 Å². The van der Waals surface area contributed by atoms with Crippen LogP contribution in [-0.4, -0.2) is 15.6 Å². The van der Waals surface area contributed by atoms with Gasteiger partial charge in [0.05, 0.1) is 10.6 Å². The Labute approximate surface area is 102 Å². The smallest absolute Gasteiger partial charge is 0.337 e. The maximum Gasteiger partial charge on any atom is 0.337 e. The fraction of sp³-hybridized carbons (Fsp3) is 0. The number of halogens is 1. The van der Waals surface area contributed by atoms with Crippen molar-refractivity contribution < 1.29 is 9.90 Å². The third kappa shape index (κ3) is 2.01. The number of aromatic nitrogens is 1. The van der Waals surface area contributed by atoms with Gasteiger partial charge in [0.25, 0.3) is 0 Å². The molecule has 0 saturated heterocycles. The molecule has 0 aliphatic heterocycles. The Morgan fingerprint density at radius 1 is 1.41 bits per heavy atom. The standard InChI is InChI=1S/C12H7ClN2O2/c13-11-4-3-8(6-10(11)12(16)17)15-5-1-2-9(15)7-14/h1-6H,(H,16,17). The van der Waals surface area contributed by atoms with Gasteiger partial charge in [-0.15, -0.1) is 0 Å². The third-order valence-corrected chi connectivity index (χ3v) is 2.65. The summed E-state index contributed by atoms with van der Waals surface area (Å²) < 4.78 is 1.60. The van der Waals surface area contributed by atoms with Gasteiger partial charge in [-0.1, -0.05) is 11.6 Å². The molecule has 0 atom stereocenters. The van der Waals surface area contributed by atoms with Crippen molar-refractivity contribution in [2.75, 3.05) is 0 Å². The van der Waals surface area contributed by atoms with Gasteiger partial charge in [-0.2, -0.15) is 5.26 Å². The predicted octanol–water partition coefficient (Wildman–Crippen LogP) is 2.70. The molecule has 0 spiro atoms. The van der Waals surface area contributed by atoms with Crippen molar-refractivity contribution in [3.8, 4) is 11.8 Å². The number of nitriles is 1. The van der Waals surface area contributed by atoms with Crippen molar-refractivity contribution in [3.05, 3.63) is 52.8 Å². The van der Waals surface area contributed by atoms with Crippen LogP contribution in [0.15, 0.2) is 36.5 Å². The molecule has 84 valence electrons. The zero-order valence-electron chi connectivity index (χ0n) is 8.59. The van der Waals surface area contributed by atoms with Gasteiger partial charge in [0, 0.05) is 11.9 Å². The fourth-order valence-electron chi connectivity index (χ4n) is 1.52. The Morgan fingerprint density at radius 2 is 2.18 bits per heavy atom. The molecule has 17 heavy (non-hydrogen) atoms. The van der Waals surface area contributed by atoms with Crippen molar-refractivity contribution >= 4 is 17.6 Å². The van der Waals surface area contributed by atoms with Crippen LogP contribution in [0.1, 0.15) is 16.1 Å². The molecular formula is C12H7ClN2O2. The molecule has 0 aliphatic carbocycles. The molecule has 1 aromatic heterocycles. The summed E-state index contributed by atoms with van der Waals surface area (Å²) in [5, 5.41) is 18.0. The Morgan fingerprint density at radius 3 is 2.82 bits per heavy atom. The highest BCUT2D eigenvalue weighted by atomic mass is 35.5. The first-order chi connectivity index (χ1) is 8.13. The molecule has 2 rings (SSSR count). The number of carboxylic acid groups (broad SMARTS) is 1.